The van der Waals surface area contributed by atoms with Gasteiger partial charge in [-0.05, 0) is 0 Å². The van der Waals surface area contributed by atoms with Crippen LogP contribution in [0.1, 0.15) is 19.4 Å². The summed E-state index contributed by atoms with van der Waals surface area (Å²) in [7, 11) is 0. The first-order valence-electron chi connectivity index (χ1n) is 5.59. The molecule has 0 aliphatic rings. The van der Waals surface area contributed by atoms with Gasteiger partial charge >= 0.3 is 109 Å². The Morgan fingerprint density at radius 1 is 1.29 bits per heavy atom. The zero-order valence-corrected chi connectivity index (χ0v) is 11.8. The van der Waals surface area contributed by atoms with Crippen molar-refractivity contribution in [3.63, 3.8) is 0 Å². The number of benzene rings is 1. The number of nitrogens with zero attached hydrogens (tertiary/aromatic N) is 2. The van der Waals surface area contributed by atoms with Gasteiger partial charge in [0.05, 0.1) is 0 Å². The van der Waals surface area contributed by atoms with Gasteiger partial charge in [-0.1, -0.05) is 0 Å². The third kappa shape index (κ3) is 3.95. The van der Waals surface area contributed by atoms with Gasteiger partial charge < -0.3 is 0 Å². The molecule has 0 saturated carbocycles. The summed E-state index contributed by atoms with van der Waals surface area (Å²) >= 11 is 3.07. The minimum atomic E-state index is -0.378. The van der Waals surface area contributed by atoms with Crippen molar-refractivity contribution < 1.29 is 4.92 Å². The summed E-state index contributed by atoms with van der Waals surface area (Å²) < 4.78 is 1.17. The van der Waals surface area contributed by atoms with Crippen molar-refractivity contribution in [2.24, 2.45) is 0 Å². The summed E-state index contributed by atoms with van der Waals surface area (Å²) in [5.74, 6) is 0. The fraction of sp³-hybridized carbons (Fsp3) is 0.417. The van der Waals surface area contributed by atoms with Crippen LogP contribution in [0.3, 0.4) is 0 Å². The zero-order valence-electron chi connectivity index (χ0n) is 10.0. The monoisotopic (exact) mass is 300 g/mol. The molecule has 0 fully saturated rings. The quantitative estimate of drug-likeness (QED) is 0.457. The Labute approximate surface area is 109 Å². The van der Waals surface area contributed by atoms with Crippen LogP contribution in [0, 0.1) is 10.1 Å². The van der Waals surface area contributed by atoms with E-state index >= 15 is 0 Å². The van der Waals surface area contributed by atoms with E-state index in [2.05, 4.69) is 34.3 Å². The first-order chi connectivity index (χ1) is 8.08. The summed E-state index contributed by atoms with van der Waals surface area (Å²) in [5.41, 5.74) is 1.22. The van der Waals surface area contributed by atoms with E-state index in [1.54, 1.807) is 24.3 Å². The van der Waals surface area contributed by atoms with Gasteiger partial charge in [-0.3, -0.25) is 0 Å². The third-order valence-electron chi connectivity index (χ3n) is 2.62. The van der Waals surface area contributed by atoms with Crippen LogP contribution in [0.25, 0.3) is 0 Å². The van der Waals surface area contributed by atoms with Gasteiger partial charge in [0.1, 0.15) is 0 Å². The molecule has 0 spiro atoms. The van der Waals surface area contributed by atoms with Gasteiger partial charge in [-0.25, -0.2) is 0 Å². The van der Waals surface area contributed by atoms with Crippen LogP contribution in [-0.2, 0) is 6.42 Å². The average Bonchev–Trinajstić information content (AvgIpc) is 2.31. The molecule has 0 unspecified atom stereocenters. The fourth-order valence-corrected chi connectivity index (χ4v) is 2.49. The summed E-state index contributed by atoms with van der Waals surface area (Å²) in [4.78, 5) is 12.4. The van der Waals surface area contributed by atoms with E-state index in [-0.39, 0.29) is 10.6 Å². The molecular weight excluding hydrogens is 283 g/mol. The standard InChI is InChI=1S/C12H16N2O2Se/c1-3-13(4-2)12(17)9-10-5-7-11(8-6-10)14(15)16/h5-8H,3-4,9H2,1-2H3. The van der Waals surface area contributed by atoms with Gasteiger partial charge in [0.15, 0.2) is 0 Å². The van der Waals surface area contributed by atoms with E-state index in [0.717, 1.165) is 25.1 Å². The maximum absolute atomic E-state index is 10.5. The van der Waals surface area contributed by atoms with Crippen LogP contribution < -0.4 is 0 Å². The molecule has 0 N–H and O–H groups in total. The molecule has 92 valence electrons. The van der Waals surface area contributed by atoms with Gasteiger partial charge in [0.2, 0.25) is 0 Å². The molecule has 0 bridgehead atoms. The van der Waals surface area contributed by atoms with Crippen molar-refractivity contribution in [3.8, 4) is 0 Å². The van der Waals surface area contributed by atoms with Crippen LogP contribution in [0.5, 0.6) is 0 Å². The number of non-ortho nitro benzene ring substituents is 1. The molecule has 1 aromatic rings. The Morgan fingerprint density at radius 2 is 1.82 bits per heavy atom. The number of hydrogen-bond donors (Lipinski definition) is 0. The summed E-state index contributed by atoms with van der Waals surface area (Å²) in [6.07, 6.45) is 0.791. The predicted molar refractivity (Wildman–Crippen MR) is 70.5 cm³/mol. The molecule has 4 nitrogen and oxygen atoms in total. The summed E-state index contributed by atoms with van der Waals surface area (Å²) in [6, 6.07) is 6.70. The van der Waals surface area contributed by atoms with E-state index in [0.29, 0.717) is 0 Å². The number of nitro groups is 1. The van der Waals surface area contributed by atoms with Crippen molar-refractivity contribution in [2.75, 3.05) is 13.1 Å². The zero-order chi connectivity index (χ0) is 12.8. The second-order valence-corrected chi connectivity index (χ2v) is 4.66. The molecule has 0 amide bonds. The molecule has 0 radical (unpaired) electrons. The SMILES string of the molecule is CCN(CC)C(=[Se])Cc1ccc([N+](=O)[O-])cc1. The molecule has 5 heteroatoms. The van der Waals surface area contributed by atoms with Crippen LogP contribution in [0.2, 0.25) is 0 Å². The normalized spacial score (nSPS) is 10.0. The molecule has 0 aromatic heterocycles. The van der Waals surface area contributed by atoms with Crippen molar-refractivity contribution in [1.29, 1.82) is 0 Å². The van der Waals surface area contributed by atoms with E-state index in [1.807, 2.05) is 0 Å². The van der Waals surface area contributed by atoms with Crippen molar-refractivity contribution in [2.45, 2.75) is 20.3 Å². The Kier molecular flexibility index (Phi) is 5.32. The number of likely N-dealkylation sites (N-methyl/N-ethyl adjacent to an activating group) is 1. The Balaban J connectivity index is 2.69. The fourth-order valence-electron chi connectivity index (χ4n) is 1.60. The van der Waals surface area contributed by atoms with Gasteiger partial charge in [-0.15, -0.1) is 0 Å². The van der Waals surface area contributed by atoms with Crippen molar-refractivity contribution in [1.82, 2.24) is 4.90 Å². The molecule has 17 heavy (non-hydrogen) atoms. The van der Waals surface area contributed by atoms with Crippen LogP contribution in [0.4, 0.5) is 5.69 Å². The first kappa shape index (κ1) is 13.9. The van der Waals surface area contributed by atoms with Crippen molar-refractivity contribution >= 4 is 25.8 Å². The number of nitro benzene ring substituents is 1. The van der Waals surface area contributed by atoms with Crippen LogP contribution in [-0.4, -0.2) is 43.0 Å². The van der Waals surface area contributed by atoms with Crippen molar-refractivity contribution in [3.05, 3.63) is 39.9 Å². The molecular formula is C12H16N2O2Se. The Bertz CT molecular complexity index is 399. The average molecular weight is 299 g/mol. The van der Waals surface area contributed by atoms with Gasteiger partial charge in [0.25, 0.3) is 0 Å². The molecule has 0 aliphatic heterocycles. The molecule has 0 heterocycles. The van der Waals surface area contributed by atoms with E-state index in [9.17, 15) is 10.1 Å². The molecule has 0 atom stereocenters. The molecule has 0 saturated heterocycles. The van der Waals surface area contributed by atoms with Crippen LogP contribution >= 0.6 is 0 Å². The summed E-state index contributed by atoms with van der Waals surface area (Å²) in [5, 5.41) is 10.5. The number of rotatable bonds is 6. The van der Waals surface area contributed by atoms with Gasteiger partial charge in [0, 0.05) is 0 Å². The molecule has 1 aromatic carbocycles. The molecule has 1 rings (SSSR count). The van der Waals surface area contributed by atoms with E-state index in [4.69, 9.17) is 0 Å². The topological polar surface area (TPSA) is 46.4 Å². The molecule has 0 aliphatic carbocycles. The second-order valence-electron chi connectivity index (χ2n) is 3.67. The maximum atomic E-state index is 10.5. The van der Waals surface area contributed by atoms with E-state index in [1.165, 1.54) is 4.54 Å². The van der Waals surface area contributed by atoms with Gasteiger partial charge in [-0.2, -0.15) is 0 Å². The first-order valence-corrected chi connectivity index (χ1v) is 6.45. The second kappa shape index (κ2) is 6.52. The minimum absolute atomic E-state index is 0.137. The predicted octanol–water partition coefficient (Wildman–Crippen LogP) is 1.78. The third-order valence-corrected chi connectivity index (χ3v) is 3.46. The summed E-state index contributed by atoms with van der Waals surface area (Å²) in [6.45, 7) is 6.14. The van der Waals surface area contributed by atoms with E-state index < -0.39 is 0 Å². The number of hydrogen-bond acceptors (Lipinski definition) is 3. The van der Waals surface area contributed by atoms with Crippen LogP contribution in [0.15, 0.2) is 24.3 Å². The Morgan fingerprint density at radius 3 is 2.24 bits per heavy atom. The Hall–Kier alpha value is -1.19.